The van der Waals surface area contributed by atoms with Crippen LogP contribution in [0.5, 0.6) is 0 Å². The molecule has 3 heterocycles. The van der Waals surface area contributed by atoms with Crippen molar-refractivity contribution in [2.75, 3.05) is 31.2 Å². The summed E-state index contributed by atoms with van der Waals surface area (Å²) in [5.74, 6) is 0.0664. The summed E-state index contributed by atoms with van der Waals surface area (Å²) in [6, 6.07) is 0. The highest BCUT2D eigenvalue weighted by molar-refractivity contribution is 7.99. The van der Waals surface area contributed by atoms with Crippen molar-refractivity contribution in [3.63, 3.8) is 0 Å². The van der Waals surface area contributed by atoms with E-state index in [0.29, 0.717) is 17.5 Å². The molecule has 0 aromatic carbocycles. The Bertz CT molecular complexity index is 924. The zero-order valence-corrected chi connectivity index (χ0v) is 17.0. The second kappa shape index (κ2) is 9.80. The zero-order chi connectivity index (χ0) is 21.0. The Morgan fingerprint density at radius 2 is 2.31 bits per heavy atom. The first-order chi connectivity index (χ1) is 13.9. The van der Waals surface area contributed by atoms with Crippen molar-refractivity contribution < 1.29 is 24.1 Å². The lowest BCUT2D eigenvalue weighted by molar-refractivity contribution is -0.119. The molecule has 1 fully saturated rings. The smallest absolute Gasteiger partial charge is 0.280 e. The number of nitrogen functional groups attached to an aromatic ring is 1. The Labute approximate surface area is 170 Å². The van der Waals surface area contributed by atoms with Gasteiger partial charge in [0.15, 0.2) is 25.4 Å². The van der Waals surface area contributed by atoms with Crippen molar-refractivity contribution in [3.05, 3.63) is 10.4 Å². The van der Waals surface area contributed by atoms with Gasteiger partial charge in [0.1, 0.15) is 18.3 Å². The molecule has 0 bridgehead atoms. The van der Waals surface area contributed by atoms with Crippen LogP contribution in [0.15, 0.2) is 9.95 Å². The van der Waals surface area contributed by atoms with Gasteiger partial charge in [0, 0.05) is 12.3 Å². The van der Waals surface area contributed by atoms with Gasteiger partial charge in [-0.15, -0.1) is 0 Å². The molecule has 4 atom stereocenters. The van der Waals surface area contributed by atoms with E-state index in [9.17, 15) is 19.8 Å². The first-order valence-corrected chi connectivity index (χ1v) is 10.4. The molecule has 3 rings (SSSR count). The standard InChI is InChI=1S/C14H22N7O6PS/c15-3-8(24)17-1-2-29-14-18-9-11(19-13(16)20-12(9)25)21(14)4-6(22)10-7(23)5-26-28-27-10/h6-7,10,22-23,28H,1-5,15H2,(H,17,24)(H3,16,19,20,25). The van der Waals surface area contributed by atoms with Crippen molar-refractivity contribution in [2.24, 2.45) is 5.73 Å². The van der Waals surface area contributed by atoms with Gasteiger partial charge in [0.05, 0.1) is 19.7 Å². The fraction of sp³-hybridized carbons (Fsp3) is 0.571. The topological polar surface area (TPSA) is 204 Å². The fourth-order valence-corrected chi connectivity index (χ4v) is 4.29. The number of aromatic amines is 1. The SMILES string of the molecule is NCC(=O)NCCSc1nc2c(=O)[nH]c(N)nc2n1CC(O)C1OPOCC1O. The summed E-state index contributed by atoms with van der Waals surface area (Å²) >= 11 is 1.25. The molecule has 2 aromatic heterocycles. The number of aliphatic hydroxyl groups is 2. The Balaban J connectivity index is 1.84. The molecule has 2 aromatic rings. The number of carbonyl (C=O) groups is 1. The lowest BCUT2D eigenvalue weighted by atomic mass is 10.1. The number of nitrogens with zero attached hydrogens (tertiary/aromatic N) is 3. The van der Waals surface area contributed by atoms with Crippen molar-refractivity contribution in [1.29, 1.82) is 0 Å². The second-order valence-corrected chi connectivity index (χ2v) is 7.90. The van der Waals surface area contributed by atoms with Crippen LogP contribution in [-0.4, -0.2) is 79.4 Å². The lowest BCUT2D eigenvalue weighted by Crippen LogP contribution is -2.44. The summed E-state index contributed by atoms with van der Waals surface area (Å²) in [5.41, 5.74) is 10.6. The summed E-state index contributed by atoms with van der Waals surface area (Å²) in [4.78, 5) is 34.2. The monoisotopic (exact) mass is 447 g/mol. The number of nitrogens with one attached hydrogen (secondary N) is 2. The van der Waals surface area contributed by atoms with Crippen LogP contribution in [0.25, 0.3) is 11.2 Å². The van der Waals surface area contributed by atoms with Gasteiger partial charge in [-0.2, -0.15) is 4.98 Å². The van der Waals surface area contributed by atoms with Gasteiger partial charge in [-0.05, 0) is 0 Å². The lowest BCUT2D eigenvalue weighted by Gasteiger charge is -2.31. The summed E-state index contributed by atoms with van der Waals surface area (Å²) in [6.45, 7) is 0.234. The minimum Gasteiger partial charge on any atom is -0.388 e. The van der Waals surface area contributed by atoms with E-state index in [4.69, 9.17) is 20.5 Å². The van der Waals surface area contributed by atoms with E-state index < -0.39 is 23.9 Å². The Morgan fingerprint density at radius 1 is 1.52 bits per heavy atom. The Hall–Kier alpha value is -1.80. The first-order valence-electron chi connectivity index (χ1n) is 8.65. The van der Waals surface area contributed by atoms with E-state index >= 15 is 0 Å². The van der Waals surface area contributed by atoms with Crippen LogP contribution in [-0.2, 0) is 20.4 Å². The number of carbonyl (C=O) groups excluding carboxylic acids is 1. The first kappa shape index (κ1) is 21.9. The second-order valence-electron chi connectivity index (χ2n) is 6.14. The average molecular weight is 447 g/mol. The molecule has 0 spiro atoms. The molecule has 1 amide bonds. The number of thioether (sulfide) groups is 1. The molecule has 0 saturated carbocycles. The fourth-order valence-electron chi connectivity index (χ4n) is 2.70. The number of nitrogens with two attached hydrogens (primary N) is 2. The number of fused-ring (bicyclic) bond motifs is 1. The number of hydrogen-bond donors (Lipinski definition) is 6. The normalized spacial score (nSPS) is 21.5. The molecular weight excluding hydrogens is 425 g/mol. The minimum atomic E-state index is -1.11. The highest BCUT2D eigenvalue weighted by atomic mass is 32.2. The Kier molecular flexibility index (Phi) is 7.40. The quantitative estimate of drug-likeness (QED) is 0.142. The number of rotatable bonds is 8. The predicted molar refractivity (Wildman–Crippen MR) is 107 cm³/mol. The van der Waals surface area contributed by atoms with Gasteiger partial charge in [-0.1, -0.05) is 11.8 Å². The Morgan fingerprint density at radius 3 is 3.03 bits per heavy atom. The number of aromatic nitrogens is 4. The maximum atomic E-state index is 12.2. The summed E-state index contributed by atoms with van der Waals surface area (Å²) in [7, 11) is -0.290. The number of anilines is 1. The molecule has 160 valence electrons. The van der Waals surface area contributed by atoms with Crippen molar-refractivity contribution in [1.82, 2.24) is 24.8 Å². The number of H-pyrrole nitrogens is 1. The van der Waals surface area contributed by atoms with Gasteiger partial charge >= 0.3 is 0 Å². The molecule has 0 aliphatic carbocycles. The third kappa shape index (κ3) is 5.22. The van der Waals surface area contributed by atoms with Crippen LogP contribution < -0.4 is 22.3 Å². The van der Waals surface area contributed by atoms with E-state index in [-0.39, 0.29) is 51.8 Å². The third-order valence-corrected chi connectivity index (χ3v) is 5.69. The average Bonchev–Trinajstić information content (AvgIpc) is 3.03. The molecule has 1 saturated heterocycles. The number of aliphatic hydroxyl groups excluding tert-OH is 2. The molecule has 1 aliphatic rings. The number of amides is 1. The number of imidazole rings is 1. The van der Waals surface area contributed by atoms with Crippen LogP contribution >= 0.6 is 20.8 Å². The maximum absolute atomic E-state index is 12.2. The van der Waals surface area contributed by atoms with Gasteiger partial charge in [0.2, 0.25) is 11.9 Å². The summed E-state index contributed by atoms with van der Waals surface area (Å²) in [5, 5.41) is 23.6. The van der Waals surface area contributed by atoms with Crippen LogP contribution in [0.2, 0.25) is 0 Å². The maximum Gasteiger partial charge on any atom is 0.280 e. The number of hydrogen-bond acceptors (Lipinski definition) is 11. The summed E-state index contributed by atoms with van der Waals surface area (Å²) < 4.78 is 11.9. The van der Waals surface area contributed by atoms with Gasteiger partial charge in [-0.3, -0.25) is 14.6 Å². The molecule has 1 aliphatic heterocycles. The highest BCUT2D eigenvalue weighted by Gasteiger charge is 2.33. The summed E-state index contributed by atoms with van der Waals surface area (Å²) in [6.07, 6.45) is -2.97. The molecule has 4 unspecified atom stereocenters. The molecule has 8 N–H and O–H groups in total. The van der Waals surface area contributed by atoms with Gasteiger partial charge in [0.25, 0.3) is 5.56 Å². The molecule has 15 heteroatoms. The molecular formula is C14H22N7O6PS. The molecule has 29 heavy (non-hydrogen) atoms. The largest absolute Gasteiger partial charge is 0.388 e. The molecule has 13 nitrogen and oxygen atoms in total. The van der Waals surface area contributed by atoms with Gasteiger partial charge < -0.3 is 40.6 Å². The third-order valence-electron chi connectivity index (χ3n) is 4.05. The van der Waals surface area contributed by atoms with Crippen molar-refractivity contribution in [2.45, 2.75) is 30.0 Å². The van der Waals surface area contributed by atoms with E-state index in [1.54, 1.807) is 0 Å². The minimum absolute atomic E-state index is 0.0455. The van der Waals surface area contributed by atoms with Crippen LogP contribution in [0.1, 0.15) is 0 Å². The van der Waals surface area contributed by atoms with Crippen LogP contribution in [0.4, 0.5) is 5.95 Å². The van der Waals surface area contributed by atoms with E-state index in [1.165, 1.54) is 16.3 Å². The zero-order valence-electron chi connectivity index (χ0n) is 15.2. The van der Waals surface area contributed by atoms with Gasteiger partial charge in [-0.25, -0.2) is 4.98 Å². The van der Waals surface area contributed by atoms with Crippen LogP contribution in [0, 0.1) is 0 Å². The van der Waals surface area contributed by atoms with Crippen LogP contribution in [0.3, 0.4) is 0 Å². The predicted octanol–water partition coefficient (Wildman–Crippen LogP) is -2.49. The van der Waals surface area contributed by atoms with Crippen molar-refractivity contribution >= 4 is 43.8 Å². The van der Waals surface area contributed by atoms with E-state index in [0.717, 1.165) is 0 Å². The van der Waals surface area contributed by atoms with Crippen molar-refractivity contribution in [3.8, 4) is 0 Å². The van der Waals surface area contributed by atoms with E-state index in [1.807, 2.05) is 0 Å². The molecule has 0 radical (unpaired) electrons. The van der Waals surface area contributed by atoms with E-state index in [2.05, 4.69) is 20.3 Å². The highest BCUT2D eigenvalue weighted by Crippen LogP contribution is 2.29.